The lowest BCUT2D eigenvalue weighted by Gasteiger charge is -2.35. The van der Waals surface area contributed by atoms with Crippen molar-refractivity contribution in [3.05, 3.63) is 90.2 Å². The number of anilines is 1. The summed E-state index contributed by atoms with van der Waals surface area (Å²) >= 11 is 6.07. The van der Waals surface area contributed by atoms with E-state index in [1.807, 2.05) is 67.1 Å². The molecule has 5 aromatic rings. The second kappa shape index (κ2) is 10.2. The molecular weight excluding hydrogens is 498 g/mol. The highest BCUT2D eigenvalue weighted by atomic mass is 35.5. The molecule has 0 saturated carbocycles. The molecular formula is C29H26ClN7O. The highest BCUT2D eigenvalue weighted by molar-refractivity contribution is 6.30. The summed E-state index contributed by atoms with van der Waals surface area (Å²) in [6.07, 6.45) is 9.53. The molecule has 38 heavy (non-hydrogen) atoms. The van der Waals surface area contributed by atoms with Gasteiger partial charge in [-0.1, -0.05) is 23.7 Å². The molecule has 6 rings (SSSR count). The topological polar surface area (TPSA) is 80.0 Å². The molecule has 3 aromatic heterocycles. The first-order chi connectivity index (χ1) is 18.5. The Balaban J connectivity index is 1.18. The van der Waals surface area contributed by atoms with E-state index in [2.05, 4.69) is 38.2 Å². The summed E-state index contributed by atoms with van der Waals surface area (Å²) in [6.45, 7) is 2.80. The summed E-state index contributed by atoms with van der Waals surface area (Å²) in [4.78, 5) is 30.5. The molecule has 1 aliphatic rings. The number of pyridine rings is 1. The van der Waals surface area contributed by atoms with Crippen molar-refractivity contribution in [2.24, 2.45) is 7.05 Å². The third-order valence-electron chi connectivity index (χ3n) is 6.92. The predicted octanol–water partition coefficient (Wildman–Crippen LogP) is 4.64. The number of carbonyl (C=O) groups excluding carboxylic acids is 1. The van der Waals surface area contributed by atoms with Gasteiger partial charge >= 0.3 is 0 Å². The number of nitrogens with zero attached hydrogens (tertiary/aromatic N) is 7. The number of halogens is 1. The first-order valence-electron chi connectivity index (χ1n) is 12.5. The molecule has 1 aliphatic heterocycles. The van der Waals surface area contributed by atoms with Gasteiger partial charge in [0.1, 0.15) is 12.1 Å². The standard InChI is InChI=1S/C29H26ClN7O/c1-35-18-23(16-34-35)22-13-25(26-17-31-19-33-27(26)14-22)21-5-6-28(32-15-21)36-7-9-37(10-8-36)29(38)12-20-3-2-4-24(30)11-20/h2-6,11,13-19H,7-10,12H2,1H3. The van der Waals surface area contributed by atoms with E-state index in [0.29, 0.717) is 24.5 Å². The van der Waals surface area contributed by atoms with Gasteiger partial charge < -0.3 is 9.80 Å². The Hall–Kier alpha value is -4.30. The van der Waals surface area contributed by atoms with E-state index in [1.165, 1.54) is 0 Å². The highest BCUT2D eigenvalue weighted by Gasteiger charge is 2.22. The lowest BCUT2D eigenvalue weighted by Crippen LogP contribution is -2.49. The van der Waals surface area contributed by atoms with Crippen LogP contribution in [0.5, 0.6) is 0 Å². The zero-order chi connectivity index (χ0) is 26.1. The second-order valence-electron chi connectivity index (χ2n) is 9.46. The smallest absolute Gasteiger partial charge is 0.227 e. The quantitative estimate of drug-likeness (QED) is 0.334. The van der Waals surface area contributed by atoms with Crippen molar-refractivity contribution in [2.45, 2.75) is 6.42 Å². The van der Waals surface area contributed by atoms with Gasteiger partial charge in [-0.3, -0.25) is 9.48 Å². The van der Waals surface area contributed by atoms with Crippen LogP contribution in [0.25, 0.3) is 33.2 Å². The first-order valence-corrected chi connectivity index (χ1v) is 12.9. The first kappa shape index (κ1) is 24.1. The van der Waals surface area contributed by atoms with E-state index in [1.54, 1.807) is 11.0 Å². The van der Waals surface area contributed by atoms with E-state index >= 15 is 0 Å². The maximum absolute atomic E-state index is 12.8. The third kappa shape index (κ3) is 4.95. The van der Waals surface area contributed by atoms with Crippen molar-refractivity contribution in [2.75, 3.05) is 31.1 Å². The Morgan fingerprint density at radius 1 is 0.921 bits per heavy atom. The van der Waals surface area contributed by atoms with Gasteiger partial charge in [-0.05, 0) is 53.1 Å². The van der Waals surface area contributed by atoms with Gasteiger partial charge in [0.05, 0.1) is 18.1 Å². The lowest BCUT2D eigenvalue weighted by atomic mass is 9.97. The number of benzene rings is 2. The average molecular weight is 524 g/mol. The van der Waals surface area contributed by atoms with Crippen LogP contribution in [0.15, 0.2) is 79.6 Å². The molecule has 0 aliphatic carbocycles. The number of carbonyl (C=O) groups is 1. The Morgan fingerprint density at radius 2 is 1.79 bits per heavy atom. The van der Waals surface area contributed by atoms with Crippen LogP contribution in [0.3, 0.4) is 0 Å². The number of amides is 1. The fourth-order valence-corrected chi connectivity index (χ4v) is 5.12. The van der Waals surface area contributed by atoms with Crippen molar-refractivity contribution in [1.29, 1.82) is 0 Å². The molecule has 0 bridgehead atoms. The van der Waals surface area contributed by atoms with Crippen molar-refractivity contribution >= 4 is 34.2 Å². The average Bonchev–Trinajstić information content (AvgIpc) is 3.39. The third-order valence-corrected chi connectivity index (χ3v) is 7.16. The number of fused-ring (bicyclic) bond motifs is 1. The van der Waals surface area contributed by atoms with E-state index < -0.39 is 0 Å². The molecule has 1 fully saturated rings. The summed E-state index contributed by atoms with van der Waals surface area (Å²) in [6, 6.07) is 15.8. The Morgan fingerprint density at radius 3 is 2.53 bits per heavy atom. The number of piperazine rings is 1. The fourth-order valence-electron chi connectivity index (χ4n) is 4.91. The Bertz CT molecular complexity index is 1610. The van der Waals surface area contributed by atoms with E-state index in [9.17, 15) is 4.79 Å². The minimum Gasteiger partial charge on any atom is -0.353 e. The second-order valence-corrected chi connectivity index (χ2v) is 9.90. The van der Waals surface area contributed by atoms with Crippen molar-refractivity contribution in [1.82, 2.24) is 29.6 Å². The van der Waals surface area contributed by atoms with Crippen LogP contribution < -0.4 is 4.90 Å². The van der Waals surface area contributed by atoms with Crippen LogP contribution in [0.1, 0.15) is 5.56 Å². The molecule has 1 saturated heterocycles. The minimum absolute atomic E-state index is 0.123. The molecule has 0 radical (unpaired) electrons. The van der Waals surface area contributed by atoms with Crippen molar-refractivity contribution in [3.63, 3.8) is 0 Å². The minimum atomic E-state index is 0.123. The largest absolute Gasteiger partial charge is 0.353 e. The van der Waals surface area contributed by atoms with Crippen LogP contribution >= 0.6 is 11.6 Å². The van der Waals surface area contributed by atoms with Crippen LogP contribution in [0, 0.1) is 0 Å². The molecule has 2 aromatic carbocycles. The lowest BCUT2D eigenvalue weighted by molar-refractivity contribution is -0.130. The molecule has 1 amide bonds. The van der Waals surface area contributed by atoms with Crippen LogP contribution in [0.4, 0.5) is 5.82 Å². The van der Waals surface area contributed by atoms with Gasteiger partial charge in [0.25, 0.3) is 0 Å². The zero-order valence-electron chi connectivity index (χ0n) is 21.0. The van der Waals surface area contributed by atoms with Crippen LogP contribution in [-0.2, 0) is 18.3 Å². The molecule has 0 N–H and O–H groups in total. The van der Waals surface area contributed by atoms with Gasteiger partial charge in [0, 0.05) is 73.4 Å². The molecule has 4 heterocycles. The Kier molecular flexibility index (Phi) is 6.47. The van der Waals surface area contributed by atoms with Crippen LogP contribution in [0.2, 0.25) is 5.02 Å². The van der Waals surface area contributed by atoms with E-state index in [-0.39, 0.29) is 5.91 Å². The summed E-state index contributed by atoms with van der Waals surface area (Å²) in [7, 11) is 1.91. The van der Waals surface area contributed by atoms with Gasteiger partial charge in [-0.15, -0.1) is 0 Å². The monoisotopic (exact) mass is 523 g/mol. The maximum Gasteiger partial charge on any atom is 0.227 e. The number of hydrogen-bond donors (Lipinski definition) is 0. The van der Waals surface area contributed by atoms with E-state index in [0.717, 1.165) is 57.6 Å². The van der Waals surface area contributed by atoms with Crippen molar-refractivity contribution in [3.8, 4) is 22.3 Å². The highest BCUT2D eigenvalue weighted by Crippen LogP contribution is 2.33. The zero-order valence-corrected chi connectivity index (χ0v) is 21.7. The summed E-state index contributed by atoms with van der Waals surface area (Å²) in [5, 5.41) is 5.94. The van der Waals surface area contributed by atoms with Crippen molar-refractivity contribution < 1.29 is 4.79 Å². The summed E-state index contributed by atoms with van der Waals surface area (Å²) in [5.41, 5.74) is 5.90. The fraction of sp³-hybridized carbons (Fsp3) is 0.207. The predicted molar refractivity (Wildman–Crippen MR) is 149 cm³/mol. The number of hydrogen-bond acceptors (Lipinski definition) is 6. The van der Waals surface area contributed by atoms with Gasteiger partial charge in [0.15, 0.2) is 0 Å². The number of rotatable bonds is 5. The molecule has 0 atom stereocenters. The molecule has 9 heteroatoms. The van der Waals surface area contributed by atoms with Gasteiger partial charge in [-0.25, -0.2) is 15.0 Å². The molecule has 8 nitrogen and oxygen atoms in total. The molecule has 0 unspecified atom stereocenters. The number of aryl methyl sites for hydroxylation is 1. The molecule has 0 spiro atoms. The summed E-state index contributed by atoms with van der Waals surface area (Å²) in [5.74, 6) is 1.03. The Labute approximate surface area is 225 Å². The van der Waals surface area contributed by atoms with Crippen LogP contribution in [-0.4, -0.2) is 61.7 Å². The SMILES string of the molecule is Cn1cc(-c2cc(-c3ccc(N4CCN(C(=O)Cc5cccc(Cl)c5)CC4)nc3)c3cncnc3c2)cn1. The molecule has 190 valence electrons. The van der Waals surface area contributed by atoms with Gasteiger partial charge in [0.2, 0.25) is 5.91 Å². The maximum atomic E-state index is 12.8. The van der Waals surface area contributed by atoms with E-state index in [4.69, 9.17) is 16.6 Å². The van der Waals surface area contributed by atoms with Gasteiger partial charge in [-0.2, -0.15) is 5.10 Å². The summed E-state index contributed by atoms with van der Waals surface area (Å²) < 4.78 is 1.79. The number of aromatic nitrogens is 5. The normalized spacial score (nSPS) is 13.7.